The molecule has 0 fully saturated rings. The minimum absolute atomic E-state index is 0.000462. The van der Waals surface area contributed by atoms with Crippen molar-refractivity contribution in [3.05, 3.63) is 53.1 Å². The Hall–Kier alpha value is -1.88. The number of rotatable bonds is 2. The van der Waals surface area contributed by atoms with E-state index in [1.165, 1.54) is 30.3 Å². The molecule has 2 aromatic carbocycles. The lowest BCUT2D eigenvalue weighted by Crippen LogP contribution is -2.07. The van der Waals surface area contributed by atoms with Crippen molar-refractivity contribution in [1.82, 2.24) is 0 Å². The SMILES string of the molecule is Oc1ccc(Oc2ccc(Cl)cc2C(F)(F)F)cc1. The number of phenols is 1. The Balaban J connectivity index is 2.37. The summed E-state index contributed by atoms with van der Waals surface area (Å²) >= 11 is 5.56. The van der Waals surface area contributed by atoms with Crippen LogP contribution in [0.3, 0.4) is 0 Å². The van der Waals surface area contributed by atoms with Gasteiger partial charge in [-0.2, -0.15) is 13.2 Å². The van der Waals surface area contributed by atoms with Crippen molar-refractivity contribution in [1.29, 1.82) is 0 Å². The third-order valence-electron chi connectivity index (χ3n) is 2.31. The van der Waals surface area contributed by atoms with Crippen molar-refractivity contribution in [3.8, 4) is 17.2 Å². The molecule has 0 aliphatic carbocycles. The molecule has 100 valence electrons. The molecule has 0 aliphatic rings. The number of benzene rings is 2. The van der Waals surface area contributed by atoms with Gasteiger partial charge in [-0.25, -0.2) is 0 Å². The molecule has 0 radical (unpaired) electrons. The van der Waals surface area contributed by atoms with Crippen LogP contribution in [0.4, 0.5) is 13.2 Å². The van der Waals surface area contributed by atoms with Crippen LogP contribution in [0.2, 0.25) is 5.02 Å². The molecule has 2 rings (SSSR count). The second-order valence-electron chi connectivity index (χ2n) is 3.73. The summed E-state index contributed by atoms with van der Waals surface area (Å²) < 4.78 is 43.6. The molecule has 0 spiro atoms. The maximum Gasteiger partial charge on any atom is 0.420 e. The first kappa shape index (κ1) is 13.5. The van der Waals surface area contributed by atoms with E-state index in [2.05, 4.69) is 0 Å². The van der Waals surface area contributed by atoms with Crippen molar-refractivity contribution >= 4 is 11.6 Å². The fourth-order valence-electron chi connectivity index (χ4n) is 1.45. The summed E-state index contributed by atoms with van der Waals surface area (Å²) in [7, 11) is 0. The average Bonchev–Trinajstić information content (AvgIpc) is 2.33. The van der Waals surface area contributed by atoms with Crippen molar-refractivity contribution in [2.75, 3.05) is 0 Å². The third-order valence-corrected chi connectivity index (χ3v) is 2.55. The summed E-state index contributed by atoms with van der Waals surface area (Å²) in [4.78, 5) is 0. The van der Waals surface area contributed by atoms with Gasteiger partial charge in [0, 0.05) is 5.02 Å². The highest BCUT2D eigenvalue weighted by molar-refractivity contribution is 6.30. The van der Waals surface area contributed by atoms with E-state index in [9.17, 15) is 13.2 Å². The molecule has 0 amide bonds. The highest BCUT2D eigenvalue weighted by Gasteiger charge is 2.34. The Kier molecular flexibility index (Phi) is 3.57. The van der Waals surface area contributed by atoms with Crippen LogP contribution in [0.25, 0.3) is 0 Å². The maximum atomic E-state index is 12.8. The highest BCUT2D eigenvalue weighted by Crippen LogP contribution is 2.39. The van der Waals surface area contributed by atoms with Crippen LogP contribution in [0.5, 0.6) is 17.2 Å². The quantitative estimate of drug-likeness (QED) is 0.855. The second-order valence-corrected chi connectivity index (χ2v) is 4.17. The molecule has 0 bridgehead atoms. The van der Waals surface area contributed by atoms with Crippen molar-refractivity contribution in [3.63, 3.8) is 0 Å². The van der Waals surface area contributed by atoms with Gasteiger partial charge in [0.25, 0.3) is 0 Å². The Morgan fingerprint density at radius 3 is 2.21 bits per heavy atom. The van der Waals surface area contributed by atoms with Gasteiger partial charge < -0.3 is 9.84 Å². The lowest BCUT2D eigenvalue weighted by molar-refractivity contribution is -0.138. The first-order valence-corrected chi connectivity index (χ1v) is 5.58. The summed E-state index contributed by atoms with van der Waals surface area (Å²) in [6.07, 6.45) is -4.56. The van der Waals surface area contributed by atoms with Crippen LogP contribution in [-0.4, -0.2) is 5.11 Å². The molecular formula is C13H8ClF3O2. The van der Waals surface area contributed by atoms with Crippen LogP contribution in [0.15, 0.2) is 42.5 Å². The monoisotopic (exact) mass is 288 g/mol. The van der Waals surface area contributed by atoms with Crippen LogP contribution in [0, 0.1) is 0 Å². The fraction of sp³-hybridized carbons (Fsp3) is 0.0769. The number of alkyl halides is 3. The lowest BCUT2D eigenvalue weighted by atomic mass is 10.2. The Morgan fingerprint density at radius 2 is 1.63 bits per heavy atom. The number of aromatic hydroxyl groups is 1. The second kappa shape index (κ2) is 5.01. The van der Waals surface area contributed by atoms with Gasteiger partial charge in [-0.15, -0.1) is 0 Å². The van der Waals surface area contributed by atoms with Crippen LogP contribution in [-0.2, 0) is 6.18 Å². The molecule has 0 aliphatic heterocycles. The standard InChI is InChI=1S/C13H8ClF3O2/c14-8-1-6-12(11(7-8)13(15,16)17)19-10-4-2-9(18)3-5-10/h1-7,18H. The molecule has 0 heterocycles. The van der Waals surface area contributed by atoms with Crippen LogP contribution in [0.1, 0.15) is 5.56 Å². The first-order chi connectivity index (χ1) is 8.86. The van der Waals surface area contributed by atoms with E-state index in [0.717, 1.165) is 12.1 Å². The molecule has 1 N–H and O–H groups in total. The molecular weight excluding hydrogens is 281 g/mol. The summed E-state index contributed by atoms with van der Waals surface area (Å²) in [5, 5.41) is 9.07. The average molecular weight is 289 g/mol. The largest absolute Gasteiger partial charge is 0.508 e. The molecule has 0 atom stereocenters. The van der Waals surface area contributed by atoms with E-state index in [4.69, 9.17) is 21.4 Å². The van der Waals surface area contributed by atoms with Crippen LogP contribution < -0.4 is 4.74 Å². The van der Waals surface area contributed by atoms with Gasteiger partial charge in [0.1, 0.15) is 17.2 Å². The van der Waals surface area contributed by atoms with Gasteiger partial charge in [0.05, 0.1) is 5.56 Å². The molecule has 2 aromatic rings. The van der Waals surface area contributed by atoms with E-state index in [1.54, 1.807) is 0 Å². The molecule has 0 saturated heterocycles. The zero-order chi connectivity index (χ0) is 14.0. The van der Waals surface area contributed by atoms with E-state index < -0.39 is 11.7 Å². The number of phenolic OH excluding ortho intramolecular Hbond substituents is 1. The summed E-state index contributed by atoms with van der Waals surface area (Å²) in [5.74, 6) is -0.160. The minimum Gasteiger partial charge on any atom is -0.508 e. The van der Waals surface area contributed by atoms with E-state index in [-0.39, 0.29) is 22.3 Å². The van der Waals surface area contributed by atoms with Crippen molar-refractivity contribution < 1.29 is 23.0 Å². The molecule has 0 unspecified atom stereocenters. The predicted octanol–water partition coefficient (Wildman–Crippen LogP) is 4.86. The molecule has 19 heavy (non-hydrogen) atoms. The van der Waals surface area contributed by atoms with Crippen molar-refractivity contribution in [2.45, 2.75) is 6.18 Å². The normalized spacial score (nSPS) is 11.4. The minimum atomic E-state index is -4.56. The summed E-state index contributed by atoms with van der Waals surface area (Å²) in [5.41, 5.74) is -0.951. The van der Waals surface area contributed by atoms with Gasteiger partial charge >= 0.3 is 6.18 Å². The molecule has 6 heteroatoms. The van der Waals surface area contributed by atoms with Gasteiger partial charge in [-0.1, -0.05) is 11.6 Å². The zero-order valence-electron chi connectivity index (χ0n) is 9.41. The van der Waals surface area contributed by atoms with E-state index in [1.807, 2.05) is 0 Å². The van der Waals surface area contributed by atoms with E-state index >= 15 is 0 Å². The number of hydrogen-bond donors (Lipinski definition) is 1. The highest BCUT2D eigenvalue weighted by atomic mass is 35.5. The summed E-state index contributed by atoms with van der Waals surface area (Å²) in [6.45, 7) is 0. The lowest BCUT2D eigenvalue weighted by Gasteiger charge is -2.14. The van der Waals surface area contributed by atoms with Crippen LogP contribution >= 0.6 is 11.6 Å². The maximum absolute atomic E-state index is 12.8. The van der Waals surface area contributed by atoms with Gasteiger partial charge in [0.15, 0.2) is 0 Å². The number of hydrogen-bond acceptors (Lipinski definition) is 2. The van der Waals surface area contributed by atoms with Crippen molar-refractivity contribution in [2.24, 2.45) is 0 Å². The first-order valence-electron chi connectivity index (χ1n) is 5.20. The van der Waals surface area contributed by atoms with Gasteiger partial charge in [0.2, 0.25) is 0 Å². The molecule has 2 nitrogen and oxygen atoms in total. The Bertz CT molecular complexity index is 579. The smallest absolute Gasteiger partial charge is 0.420 e. The topological polar surface area (TPSA) is 29.5 Å². The fourth-order valence-corrected chi connectivity index (χ4v) is 1.63. The Morgan fingerprint density at radius 1 is 1.00 bits per heavy atom. The van der Waals surface area contributed by atoms with E-state index in [0.29, 0.717) is 0 Å². The Labute approximate surface area is 112 Å². The van der Waals surface area contributed by atoms with Gasteiger partial charge in [-0.3, -0.25) is 0 Å². The third kappa shape index (κ3) is 3.32. The zero-order valence-corrected chi connectivity index (χ0v) is 10.2. The number of ether oxygens (including phenoxy) is 1. The summed E-state index contributed by atoms with van der Waals surface area (Å²) in [6, 6.07) is 8.63. The number of halogens is 4. The predicted molar refractivity (Wildman–Crippen MR) is 64.6 cm³/mol. The van der Waals surface area contributed by atoms with Gasteiger partial charge in [-0.05, 0) is 42.5 Å². The molecule has 0 aromatic heterocycles. The molecule has 0 saturated carbocycles.